The van der Waals surface area contributed by atoms with Gasteiger partial charge in [0.05, 0.1) is 6.10 Å². The Bertz CT molecular complexity index is 639. The quantitative estimate of drug-likeness (QED) is 0.903. The van der Waals surface area contributed by atoms with E-state index in [1.807, 2.05) is 0 Å². The minimum absolute atomic E-state index is 0.186. The summed E-state index contributed by atoms with van der Waals surface area (Å²) in [4.78, 5) is 0. The van der Waals surface area contributed by atoms with Crippen LogP contribution >= 0.6 is 0 Å². The van der Waals surface area contributed by atoms with Crippen molar-refractivity contribution in [2.45, 2.75) is 52.7 Å². The van der Waals surface area contributed by atoms with E-state index in [-0.39, 0.29) is 11.5 Å². The molecule has 1 aliphatic rings. The highest BCUT2D eigenvalue weighted by Gasteiger charge is 2.32. The van der Waals surface area contributed by atoms with Gasteiger partial charge in [0.2, 0.25) is 0 Å². The summed E-state index contributed by atoms with van der Waals surface area (Å²) in [5.74, 6) is 0. The molecule has 1 aromatic carbocycles. The summed E-state index contributed by atoms with van der Waals surface area (Å²) in [6, 6.07) is 10.8. The first-order chi connectivity index (χ1) is 9.94. The Morgan fingerprint density at radius 2 is 2.10 bits per heavy atom. The van der Waals surface area contributed by atoms with Crippen LogP contribution in [-0.4, -0.2) is 9.67 Å². The van der Waals surface area contributed by atoms with Crippen LogP contribution in [0.2, 0.25) is 0 Å². The van der Waals surface area contributed by atoms with Gasteiger partial charge < -0.3 is 9.67 Å². The smallest absolute Gasteiger partial charge is 0.0812 e. The lowest BCUT2D eigenvalue weighted by atomic mass is 9.75. The van der Waals surface area contributed by atoms with Gasteiger partial charge >= 0.3 is 0 Å². The molecule has 1 aliphatic carbocycles. The van der Waals surface area contributed by atoms with Crippen LogP contribution in [0, 0.1) is 12.3 Å². The van der Waals surface area contributed by atoms with E-state index in [0.29, 0.717) is 0 Å². The summed E-state index contributed by atoms with van der Waals surface area (Å²) >= 11 is 0. The average molecular weight is 283 g/mol. The van der Waals surface area contributed by atoms with Crippen LogP contribution in [-0.2, 0) is 19.4 Å². The summed E-state index contributed by atoms with van der Waals surface area (Å²) in [5, 5.41) is 10.3. The molecule has 0 fully saturated rings. The standard InChI is InChI=1S/C19H25NO/c1-14-5-4-6-15(11-14)7-9-20-10-8-16-17(20)12-19(2,3)13-18(16)21/h4-6,8,10-11,18,21H,7,9,12-13H2,1-3H3. The topological polar surface area (TPSA) is 25.2 Å². The zero-order valence-corrected chi connectivity index (χ0v) is 13.3. The largest absolute Gasteiger partial charge is 0.388 e. The number of aromatic nitrogens is 1. The Kier molecular flexibility index (Phi) is 3.66. The monoisotopic (exact) mass is 283 g/mol. The van der Waals surface area contributed by atoms with Crippen LogP contribution in [0.15, 0.2) is 36.5 Å². The molecular formula is C19H25NO. The molecule has 0 aliphatic heterocycles. The van der Waals surface area contributed by atoms with E-state index in [0.717, 1.165) is 31.4 Å². The Morgan fingerprint density at radius 1 is 1.29 bits per heavy atom. The second-order valence-electron chi connectivity index (χ2n) is 7.21. The molecule has 1 N–H and O–H groups in total. The fraction of sp³-hybridized carbons (Fsp3) is 0.474. The molecule has 0 spiro atoms. The van der Waals surface area contributed by atoms with Crippen molar-refractivity contribution in [2.24, 2.45) is 5.41 Å². The lowest BCUT2D eigenvalue weighted by Crippen LogP contribution is -2.27. The molecule has 112 valence electrons. The summed E-state index contributed by atoms with van der Waals surface area (Å²) < 4.78 is 2.34. The van der Waals surface area contributed by atoms with Crippen molar-refractivity contribution in [2.75, 3.05) is 0 Å². The first-order valence-corrected chi connectivity index (χ1v) is 7.86. The van der Waals surface area contributed by atoms with E-state index in [1.165, 1.54) is 16.8 Å². The molecule has 1 atom stereocenters. The molecule has 0 saturated heterocycles. The maximum Gasteiger partial charge on any atom is 0.0812 e. The number of fused-ring (bicyclic) bond motifs is 1. The van der Waals surface area contributed by atoms with Crippen LogP contribution in [0.4, 0.5) is 0 Å². The van der Waals surface area contributed by atoms with Gasteiger partial charge in [-0.2, -0.15) is 0 Å². The molecule has 21 heavy (non-hydrogen) atoms. The van der Waals surface area contributed by atoms with E-state index in [4.69, 9.17) is 0 Å². The minimum Gasteiger partial charge on any atom is -0.388 e. The number of hydrogen-bond donors (Lipinski definition) is 1. The van der Waals surface area contributed by atoms with Gasteiger partial charge in [0, 0.05) is 24.0 Å². The molecule has 0 saturated carbocycles. The van der Waals surface area contributed by atoms with Gasteiger partial charge in [-0.1, -0.05) is 43.7 Å². The molecule has 2 nitrogen and oxygen atoms in total. The van der Waals surface area contributed by atoms with Gasteiger partial charge in [-0.25, -0.2) is 0 Å². The van der Waals surface area contributed by atoms with Crippen molar-refractivity contribution in [3.05, 3.63) is 58.9 Å². The molecule has 1 heterocycles. The van der Waals surface area contributed by atoms with Crippen molar-refractivity contribution in [3.8, 4) is 0 Å². The molecule has 1 unspecified atom stereocenters. The molecule has 0 bridgehead atoms. The zero-order chi connectivity index (χ0) is 15.0. The van der Waals surface area contributed by atoms with Gasteiger partial charge in [-0.05, 0) is 43.2 Å². The molecule has 3 rings (SSSR count). The predicted molar refractivity (Wildman–Crippen MR) is 86.4 cm³/mol. The predicted octanol–water partition coefficient (Wildman–Crippen LogP) is 4.05. The fourth-order valence-corrected chi connectivity index (χ4v) is 3.51. The first kappa shape index (κ1) is 14.4. The van der Waals surface area contributed by atoms with E-state index >= 15 is 0 Å². The Morgan fingerprint density at radius 3 is 2.86 bits per heavy atom. The van der Waals surface area contributed by atoms with Crippen molar-refractivity contribution in [1.29, 1.82) is 0 Å². The first-order valence-electron chi connectivity index (χ1n) is 7.86. The van der Waals surface area contributed by atoms with Crippen molar-refractivity contribution < 1.29 is 5.11 Å². The highest BCUT2D eigenvalue weighted by Crippen LogP contribution is 2.41. The van der Waals surface area contributed by atoms with Gasteiger partial charge in [0.15, 0.2) is 0 Å². The number of aryl methyl sites for hydroxylation is 3. The fourth-order valence-electron chi connectivity index (χ4n) is 3.51. The third-order valence-electron chi connectivity index (χ3n) is 4.59. The normalized spacial score (nSPS) is 20.3. The van der Waals surface area contributed by atoms with E-state index in [2.05, 4.69) is 61.9 Å². The van der Waals surface area contributed by atoms with Crippen molar-refractivity contribution in [3.63, 3.8) is 0 Å². The molecule has 0 amide bonds. The van der Waals surface area contributed by atoms with E-state index in [1.54, 1.807) is 0 Å². The number of aliphatic hydroxyl groups is 1. The Hall–Kier alpha value is -1.54. The van der Waals surface area contributed by atoms with Crippen LogP contribution in [0.1, 0.15) is 48.8 Å². The number of hydrogen-bond acceptors (Lipinski definition) is 1. The molecule has 2 aromatic rings. The van der Waals surface area contributed by atoms with E-state index < -0.39 is 0 Å². The second-order valence-corrected chi connectivity index (χ2v) is 7.21. The number of aliphatic hydroxyl groups excluding tert-OH is 1. The number of nitrogens with zero attached hydrogens (tertiary/aromatic N) is 1. The number of rotatable bonds is 3. The number of benzene rings is 1. The third kappa shape index (κ3) is 3.06. The SMILES string of the molecule is Cc1cccc(CCn2ccc3c2CC(C)(C)CC3O)c1. The van der Waals surface area contributed by atoms with Crippen LogP contribution in [0.3, 0.4) is 0 Å². The Labute approximate surface area is 127 Å². The summed E-state index contributed by atoms with van der Waals surface area (Å²) in [5.41, 5.74) is 5.35. The molecule has 2 heteroatoms. The van der Waals surface area contributed by atoms with Crippen LogP contribution in [0.5, 0.6) is 0 Å². The van der Waals surface area contributed by atoms with Crippen molar-refractivity contribution in [1.82, 2.24) is 4.57 Å². The maximum absolute atomic E-state index is 10.3. The van der Waals surface area contributed by atoms with Gasteiger partial charge in [-0.15, -0.1) is 0 Å². The van der Waals surface area contributed by atoms with Crippen LogP contribution in [0.25, 0.3) is 0 Å². The summed E-state index contributed by atoms with van der Waals surface area (Å²) in [6.45, 7) is 7.62. The summed E-state index contributed by atoms with van der Waals surface area (Å²) in [6.07, 6.45) is 4.80. The molecule has 0 radical (unpaired) electrons. The highest BCUT2D eigenvalue weighted by atomic mass is 16.3. The average Bonchev–Trinajstić information content (AvgIpc) is 2.78. The van der Waals surface area contributed by atoms with Crippen molar-refractivity contribution >= 4 is 0 Å². The zero-order valence-electron chi connectivity index (χ0n) is 13.3. The molecule has 1 aromatic heterocycles. The highest BCUT2D eigenvalue weighted by molar-refractivity contribution is 5.29. The summed E-state index contributed by atoms with van der Waals surface area (Å²) in [7, 11) is 0. The minimum atomic E-state index is -0.302. The lowest BCUT2D eigenvalue weighted by Gasteiger charge is -2.34. The molecular weight excluding hydrogens is 258 g/mol. The van der Waals surface area contributed by atoms with Gasteiger partial charge in [-0.3, -0.25) is 0 Å². The second kappa shape index (κ2) is 5.34. The van der Waals surface area contributed by atoms with Gasteiger partial charge in [0.1, 0.15) is 0 Å². The lowest BCUT2D eigenvalue weighted by molar-refractivity contribution is 0.0979. The van der Waals surface area contributed by atoms with E-state index in [9.17, 15) is 5.11 Å². The Balaban J connectivity index is 1.79. The maximum atomic E-state index is 10.3. The third-order valence-corrected chi connectivity index (χ3v) is 4.59. The van der Waals surface area contributed by atoms with Gasteiger partial charge in [0.25, 0.3) is 0 Å². The van der Waals surface area contributed by atoms with Crippen LogP contribution < -0.4 is 0 Å².